The third-order valence-corrected chi connectivity index (χ3v) is 4.27. The summed E-state index contributed by atoms with van der Waals surface area (Å²) in [7, 11) is 1.71. The van der Waals surface area contributed by atoms with Crippen molar-refractivity contribution in [1.82, 2.24) is 9.80 Å². The summed E-state index contributed by atoms with van der Waals surface area (Å²) >= 11 is 9.40. The second-order valence-electron chi connectivity index (χ2n) is 5.14. The minimum atomic E-state index is 0.0480. The van der Waals surface area contributed by atoms with Gasteiger partial charge in [-0.3, -0.25) is 9.69 Å². The van der Waals surface area contributed by atoms with Crippen LogP contribution in [-0.4, -0.2) is 62.1 Å². The molecule has 116 valence electrons. The number of ether oxygens (including phenoxy) is 1. The zero-order valence-electron chi connectivity index (χ0n) is 12.1. The standard InChI is InChI=1S/C15H20BrClN2O2/c1-21-8-7-18-3-2-4-19(6-5-18)15(20)12-9-13(16)11-14(17)10-12/h9-11H,2-8H2,1H3. The van der Waals surface area contributed by atoms with Crippen molar-refractivity contribution in [1.29, 1.82) is 0 Å². The van der Waals surface area contributed by atoms with Crippen LogP contribution in [0.4, 0.5) is 0 Å². The largest absolute Gasteiger partial charge is 0.383 e. The average molecular weight is 376 g/mol. The first-order valence-corrected chi connectivity index (χ1v) is 8.24. The molecule has 0 saturated carbocycles. The second kappa shape index (κ2) is 8.13. The Morgan fingerprint density at radius 2 is 2.10 bits per heavy atom. The van der Waals surface area contributed by atoms with Crippen LogP contribution in [-0.2, 0) is 4.74 Å². The third kappa shape index (κ3) is 4.95. The first-order chi connectivity index (χ1) is 10.1. The molecule has 2 rings (SSSR count). The van der Waals surface area contributed by atoms with Gasteiger partial charge in [0.05, 0.1) is 6.61 Å². The van der Waals surface area contributed by atoms with Gasteiger partial charge in [0.2, 0.25) is 0 Å². The van der Waals surface area contributed by atoms with E-state index in [9.17, 15) is 4.79 Å². The van der Waals surface area contributed by atoms with E-state index in [-0.39, 0.29) is 5.91 Å². The van der Waals surface area contributed by atoms with E-state index in [2.05, 4.69) is 20.8 Å². The summed E-state index contributed by atoms with van der Waals surface area (Å²) in [6.07, 6.45) is 0.983. The van der Waals surface area contributed by atoms with Crippen molar-refractivity contribution in [3.05, 3.63) is 33.3 Å². The smallest absolute Gasteiger partial charge is 0.253 e. The molecule has 0 atom stereocenters. The molecule has 0 spiro atoms. The van der Waals surface area contributed by atoms with Crippen LogP contribution < -0.4 is 0 Å². The summed E-state index contributed by atoms with van der Waals surface area (Å²) in [6.45, 7) is 5.07. The molecular formula is C15H20BrClN2O2. The maximum absolute atomic E-state index is 12.6. The summed E-state index contributed by atoms with van der Waals surface area (Å²) in [5, 5.41) is 0.573. The first kappa shape index (κ1) is 16.7. The fraction of sp³-hybridized carbons (Fsp3) is 0.533. The molecule has 0 radical (unpaired) electrons. The summed E-state index contributed by atoms with van der Waals surface area (Å²) in [6, 6.07) is 5.33. The average Bonchev–Trinajstić information content (AvgIpc) is 2.68. The van der Waals surface area contributed by atoms with Crippen LogP contribution in [0.2, 0.25) is 5.02 Å². The van der Waals surface area contributed by atoms with E-state index in [4.69, 9.17) is 16.3 Å². The summed E-state index contributed by atoms with van der Waals surface area (Å²) in [5.74, 6) is 0.0480. The number of rotatable bonds is 4. The number of methoxy groups -OCH3 is 1. The van der Waals surface area contributed by atoms with Gasteiger partial charge in [0, 0.05) is 48.3 Å². The van der Waals surface area contributed by atoms with Gasteiger partial charge in [0.25, 0.3) is 5.91 Å². The Balaban J connectivity index is 1.99. The molecule has 1 saturated heterocycles. The second-order valence-corrected chi connectivity index (χ2v) is 6.49. The van der Waals surface area contributed by atoms with Crippen molar-refractivity contribution in [2.45, 2.75) is 6.42 Å². The number of carbonyl (C=O) groups excluding carboxylic acids is 1. The lowest BCUT2D eigenvalue weighted by Gasteiger charge is -2.22. The van der Waals surface area contributed by atoms with Crippen molar-refractivity contribution in [3.8, 4) is 0 Å². The lowest BCUT2D eigenvalue weighted by molar-refractivity contribution is 0.0759. The highest BCUT2D eigenvalue weighted by Crippen LogP contribution is 2.21. The molecule has 0 unspecified atom stereocenters. The zero-order chi connectivity index (χ0) is 15.2. The lowest BCUT2D eigenvalue weighted by atomic mass is 10.2. The van der Waals surface area contributed by atoms with E-state index >= 15 is 0 Å². The van der Waals surface area contributed by atoms with Crippen molar-refractivity contribution < 1.29 is 9.53 Å². The normalized spacial score (nSPS) is 16.8. The van der Waals surface area contributed by atoms with Crippen LogP contribution in [0, 0.1) is 0 Å². The van der Waals surface area contributed by atoms with Crippen LogP contribution in [0.15, 0.2) is 22.7 Å². The van der Waals surface area contributed by atoms with E-state index < -0.39 is 0 Å². The van der Waals surface area contributed by atoms with Crippen molar-refractivity contribution in [2.24, 2.45) is 0 Å². The molecule has 6 heteroatoms. The van der Waals surface area contributed by atoms with Gasteiger partial charge >= 0.3 is 0 Å². The maximum atomic E-state index is 12.6. The minimum Gasteiger partial charge on any atom is -0.383 e. The molecule has 0 aromatic heterocycles. The highest BCUT2D eigenvalue weighted by molar-refractivity contribution is 9.10. The van der Waals surface area contributed by atoms with Gasteiger partial charge in [-0.15, -0.1) is 0 Å². The molecule has 1 aliphatic heterocycles. The van der Waals surface area contributed by atoms with Crippen LogP contribution in [0.25, 0.3) is 0 Å². The molecule has 0 bridgehead atoms. The summed E-state index contributed by atoms with van der Waals surface area (Å²) < 4.78 is 5.94. The molecule has 1 heterocycles. The SMILES string of the molecule is COCCN1CCCN(C(=O)c2cc(Cl)cc(Br)c2)CC1. The predicted octanol–water partition coefficient (Wildman–Crippen LogP) is 2.90. The van der Waals surface area contributed by atoms with E-state index in [1.54, 1.807) is 19.2 Å². The Morgan fingerprint density at radius 1 is 1.29 bits per heavy atom. The molecule has 1 amide bonds. The summed E-state index contributed by atoms with van der Waals surface area (Å²) in [5.41, 5.74) is 0.639. The topological polar surface area (TPSA) is 32.8 Å². The third-order valence-electron chi connectivity index (χ3n) is 3.60. The number of nitrogens with zero attached hydrogens (tertiary/aromatic N) is 2. The van der Waals surface area contributed by atoms with Gasteiger partial charge in [0.15, 0.2) is 0 Å². The Kier molecular flexibility index (Phi) is 6.48. The molecule has 1 fully saturated rings. The Hall–Kier alpha value is -0.620. The quantitative estimate of drug-likeness (QED) is 0.811. The van der Waals surface area contributed by atoms with Crippen molar-refractivity contribution >= 4 is 33.4 Å². The van der Waals surface area contributed by atoms with E-state index in [0.29, 0.717) is 10.6 Å². The number of benzene rings is 1. The number of amides is 1. The van der Waals surface area contributed by atoms with Gasteiger partial charge < -0.3 is 9.64 Å². The summed E-state index contributed by atoms with van der Waals surface area (Å²) in [4.78, 5) is 16.8. The minimum absolute atomic E-state index is 0.0480. The van der Waals surface area contributed by atoms with Crippen LogP contribution in [0.5, 0.6) is 0 Å². The monoisotopic (exact) mass is 374 g/mol. The predicted molar refractivity (Wildman–Crippen MR) is 88.0 cm³/mol. The Labute approximate surface area is 139 Å². The molecule has 1 aliphatic rings. The highest BCUT2D eigenvalue weighted by Gasteiger charge is 2.20. The molecule has 0 aliphatic carbocycles. The van der Waals surface area contributed by atoms with Crippen molar-refractivity contribution in [2.75, 3.05) is 46.4 Å². The van der Waals surface area contributed by atoms with Gasteiger partial charge in [-0.1, -0.05) is 27.5 Å². The van der Waals surface area contributed by atoms with Gasteiger partial charge in [0.1, 0.15) is 0 Å². The molecule has 0 N–H and O–H groups in total. The molecule has 4 nitrogen and oxygen atoms in total. The highest BCUT2D eigenvalue weighted by atomic mass is 79.9. The van der Waals surface area contributed by atoms with Crippen LogP contribution >= 0.6 is 27.5 Å². The first-order valence-electron chi connectivity index (χ1n) is 7.07. The molecule has 1 aromatic carbocycles. The number of hydrogen-bond acceptors (Lipinski definition) is 3. The maximum Gasteiger partial charge on any atom is 0.253 e. The van der Waals surface area contributed by atoms with Crippen LogP contribution in [0.1, 0.15) is 16.8 Å². The van der Waals surface area contributed by atoms with Crippen LogP contribution in [0.3, 0.4) is 0 Å². The van der Waals surface area contributed by atoms with E-state index in [1.807, 2.05) is 11.0 Å². The van der Waals surface area contributed by atoms with Gasteiger partial charge in [-0.05, 0) is 31.2 Å². The van der Waals surface area contributed by atoms with Crippen molar-refractivity contribution in [3.63, 3.8) is 0 Å². The lowest BCUT2D eigenvalue weighted by Crippen LogP contribution is -2.36. The number of carbonyl (C=O) groups is 1. The fourth-order valence-electron chi connectivity index (χ4n) is 2.48. The Morgan fingerprint density at radius 3 is 2.81 bits per heavy atom. The van der Waals surface area contributed by atoms with E-state index in [1.165, 1.54) is 0 Å². The van der Waals surface area contributed by atoms with Gasteiger partial charge in [-0.2, -0.15) is 0 Å². The Bertz CT molecular complexity index is 478. The number of hydrogen-bond donors (Lipinski definition) is 0. The van der Waals surface area contributed by atoms with E-state index in [0.717, 1.165) is 50.2 Å². The zero-order valence-corrected chi connectivity index (χ0v) is 14.5. The van der Waals surface area contributed by atoms with Gasteiger partial charge in [-0.25, -0.2) is 0 Å². The molecular weight excluding hydrogens is 356 g/mol. The molecule has 1 aromatic rings. The number of halogens is 2. The fourth-order valence-corrected chi connectivity index (χ4v) is 3.34. The molecule has 21 heavy (non-hydrogen) atoms.